The van der Waals surface area contributed by atoms with Crippen molar-refractivity contribution < 1.29 is 14.2 Å². The van der Waals surface area contributed by atoms with Crippen LogP contribution >= 0.6 is 56.8 Å². The van der Waals surface area contributed by atoms with Gasteiger partial charge in [0.2, 0.25) is 0 Å². The van der Waals surface area contributed by atoms with Gasteiger partial charge in [0.25, 0.3) is 0 Å². The number of aliphatic imine (C=N–C) groups is 1. The highest BCUT2D eigenvalue weighted by molar-refractivity contribution is 14.1. The average Bonchev–Trinajstić information content (AvgIpc) is 2.91. The van der Waals surface area contributed by atoms with E-state index in [1.54, 1.807) is 0 Å². The van der Waals surface area contributed by atoms with Gasteiger partial charge in [0.15, 0.2) is 5.90 Å². The maximum Gasteiger partial charge on any atom is 0.190 e. The number of ether oxygens (including phenoxy) is 3. The molecule has 4 rings (SSSR count). The molecule has 1 aromatic rings. The van der Waals surface area contributed by atoms with Crippen molar-refractivity contribution in [2.75, 3.05) is 12.5 Å². The third-order valence-corrected chi connectivity index (χ3v) is 9.52. The highest BCUT2D eigenvalue weighted by Gasteiger charge is 2.22. The second kappa shape index (κ2) is 16.0. The van der Waals surface area contributed by atoms with E-state index in [2.05, 4.69) is 70.0 Å². The first kappa shape index (κ1) is 30.4. The number of nitrogens with zero attached hydrogens (tertiary/aromatic N) is 1. The Morgan fingerprint density at radius 2 is 1.79 bits per heavy atom. The summed E-state index contributed by atoms with van der Waals surface area (Å²) in [5, 5.41) is 0. The van der Waals surface area contributed by atoms with Crippen LogP contribution in [0.1, 0.15) is 76.2 Å². The molecule has 1 aromatic carbocycles. The SMILES string of the molecule is C=C(Cc1ccc(OC2=CC(I)C(OCCCl)C=C2)c(I)c1)OC(CC1CCCCC1)=NC1CCCCC1. The van der Waals surface area contributed by atoms with Crippen molar-refractivity contribution in [2.24, 2.45) is 10.9 Å². The first-order valence-electron chi connectivity index (χ1n) is 14.1. The minimum absolute atomic E-state index is 0.0267. The maximum absolute atomic E-state index is 6.38. The number of halogens is 3. The van der Waals surface area contributed by atoms with Crippen LogP contribution in [0.2, 0.25) is 0 Å². The molecule has 3 aliphatic carbocycles. The third kappa shape index (κ3) is 9.81. The van der Waals surface area contributed by atoms with Crippen molar-refractivity contribution in [2.45, 2.75) is 93.1 Å². The molecule has 0 aliphatic heterocycles. The molecular formula is C31H40ClI2NO3. The number of rotatable bonds is 11. The molecule has 0 spiro atoms. The van der Waals surface area contributed by atoms with Gasteiger partial charge in [0.1, 0.15) is 17.3 Å². The molecule has 3 aliphatic rings. The Balaban J connectivity index is 1.34. The van der Waals surface area contributed by atoms with Crippen LogP contribution in [0.4, 0.5) is 0 Å². The first-order chi connectivity index (χ1) is 18.5. The fourth-order valence-corrected chi connectivity index (χ4v) is 7.05. The van der Waals surface area contributed by atoms with Gasteiger partial charge in [-0.2, -0.15) is 0 Å². The highest BCUT2D eigenvalue weighted by atomic mass is 127. The van der Waals surface area contributed by atoms with E-state index in [0.29, 0.717) is 30.9 Å². The van der Waals surface area contributed by atoms with E-state index in [0.717, 1.165) is 38.7 Å². The Morgan fingerprint density at radius 1 is 1.05 bits per heavy atom. The molecule has 0 aromatic heterocycles. The molecule has 38 heavy (non-hydrogen) atoms. The van der Waals surface area contributed by atoms with Crippen molar-refractivity contribution in [3.63, 3.8) is 0 Å². The zero-order valence-corrected chi connectivity index (χ0v) is 27.3. The van der Waals surface area contributed by atoms with Crippen LogP contribution in [-0.4, -0.2) is 34.5 Å². The Labute approximate surface area is 261 Å². The van der Waals surface area contributed by atoms with Crippen molar-refractivity contribution in [1.82, 2.24) is 0 Å². The van der Waals surface area contributed by atoms with Crippen LogP contribution in [0.25, 0.3) is 0 Å². The zero-order chi connectivity index (χ0) is 26.7. The molecule has 0 saturated heterocycles. The van der Waals surface area contributed by atoms with Gasteiger partial charge in [-0.1, -0.05) is 79.8 Å². The third-order valence-electron chi connectivity index (χ3n) is 7.45. The van der Waals surface area contributed by atoms with Crippen molar-refractivity contribution in [1.29, 1.82) is 0 Å². The largest absolute Gasteiger partial charge is 0.457 e. The minimum atomic E-state index is 0.0267. The molecule has 208 valence electrons. The van der Waals surface area contributed by atoms with Crippen molar-refractivity contribution in [3.05, 3.63) is 63.7 Å². The number of benzene rings is 1. The summed E-state index contributed by atoms with van der Waals surface area (Å²) >= 11 is 10.5. The molecule has 4 nitrogen and oxygen atoms in total. The van der Waals surface area contributed by atoms with Gasteiger partial charge in [0, 0.05) is 18.7 Å². The summed E-state index contributed by atoms with van der Waals surface area (Å²) < 4.78 is 19.6. The van der Waals surface area contributed by atoms with Gasteiger partial charge in [-0.3, -0.25) is 4.99 Å². The monoisotopic (exact) mass is 763 g/mol. The predicted molar refractivity (Wildman–Crippen MR) is 175 cm³/mol. The van der Waals surface area contributed by atoms with E-state index in [-0.39, 0.29) is 10.0 Å². The molecule has 0 amide bonds. The van der Waals surface area contributed by atoms with E-state index in [9.17, 15) is 0 Å². The summed E-state index contributed by atoms with van der Waals surface area (Å²) in [6, 6.07) is 6.72. The predicted octanol–water partition coefficient (Wildman–Crippen LogP) is 9.33. The van der Waals surface area contributed by atoms with Gasteiger partial charge in [-0.15, -0.1) is 11.6 Å². The fourth-order valence-electron chi connectivity index (χ4n) is 5.47. The van der Waals surface area contributed by atoms with Gasteiger partial charge < -0.3 is 14.2 Å². The topological polar surface area (TPSA) is 40.0 Å². The van der Waals surface area contributed by atoms with Crippen LogP contribution in [0.15, 0.2) is 59.5 Å². The minimum Gasteiger partial charge on any atom is -0.457 e. The number of hydrogen-bond acceptors (Lipinski definition) is 4. The van der Waals surface area contributed by atoms with E-state index < -0.39 is 0 Å². The molecule has 0 radical (unpaired) electrons. The number of hydrogen-bond donors (Lipinski definition) is 0. The van der Waals surface area contributed by atoms with Crippen LogP contribution in [0.5, 0.6) is 5.75 Å². The molecule has 0 heterocycles. The Kier molecular flexibility index (Phi) is 12.8. The van der Waals surface area contributed by atoms with Crippen molar-refractivity contribution in [3.8, 4) is 5.75 Å². The Morgan fingerprint density at radius 3 is 2.47 bits per heavy atom. The van der Waals surface area contributed by atoms with E-state index in [4.69, 9.17) is 30.8 Å². The lowest BCUT2D eigenvalue weighted by molar-refractivity contribution is 0.104. The van der Waals surface area contributed by atoms with Crippen LogP contribution in [-0.2, 0) is 15.9 Å². The first-order valence-corrected chi connectivity index (χ1v) is 17.0. The van der Waals surface area contributed by atoms with Gasteiger partial charge in [-0.25, -0.2) is 0 Å². The lowest BCUT2D eigenvalue weighted by Crippen LogP contribution is -2.24. The second-order valence-electron chi connectivity index (χ2n) is 10.6. The van der Waals surface area contributed by atoms with Gasteiger partial charge in [0.05, 0.1) is 26.2 Å². The molecule has 2 unspecified atom stereocenters. The smallest absolute Gasteiger partial charge is 0.190 e. The lowest BCUT2D eigenvalue weighted by Gasteiger charge is -2.24. The molecule has 2 fully saturated rings. The summed E-state index contributed by atoms with van der Waals surface area (Å²) in [5.41, 5.74) is 1.16. The molecule has 0 bridgehead atoms. The van der Waals surface area contributed by atoms with E-state index >= 15 is 0 Å². The van der Waals surface area contributed by atoms with Crippen LogP contribution in [0, 0.1) is 9.49 Å². The summed E-state index contributed by atoms with van der Waals surface area (Å²) in [5.74, 6) is 4.56. The molecule has 2 saturated carbocycles. The summed E-state index contributed by atoms with van der Waals surface area (Å²) in [4.78, 5) is 5.12. The van der Waals surface area contributed by atoms with Crippen LogP contribution < -0.4 is 4.74 Å². The normalized spacial score (nSPS) is 23.2. The van der Waals surface area contributed by atoms with Gasteiger partial charge in [-0.05, 0) is 84.0 Å². The summed E-state index contributed by atoms with van der Waals surface area (Å²) in [6.07, 6.45) is 20.7. The summed E-state index contributed by atoms with van der Waals surface area (Å²) in [6.45, 7) is 4.83. The molecule has 0 N–H and O–H groups in total. The second-order valence-corrected chi connectivity index (χ2v) is 13.6. The van der Waals surface area contributed by atoms with Gasteiger partial charge >= 0.3 is 0 Å². The Bertz CT molecular complexity index is 1010. The average molecular weight is 764 g/mol. The fraction of sp³-hybridized carbons (Fsp3) is 0.581. The maximum atomic E-state index is 6.38. The quantitative estimate of drug-likeness (QED) is 0.0742. The van der Waals surface area contributed by atoms with Crippen molar-refractivity contribution >= 4 is 62.7 Å². The number of allylic oxidation sites excluding steroid dienone is 2. The molecule has 2 atom stereocenters. The Hall–Kier alpha value is -0.580. The molecule has 7 heteroatoms. The summed E-state index contributed by atoms with van der Waals surface area (Å²) in [7, 11) is 0. The molecular weight excluding hydrogens is 724 g/mol. The standard InChI is InChI=1S/C31H40ClI2NO3/c1-22(37-31(20-23-8-4-2-5-9-23)35-25-10-6-3-7-11-25)18-24-12-14-30(27(33)19-24)38-26-13-15-29(28(34)21-26)36-17-16-32/h12-15,19,21,23,25,28-29H,1-11,16-18,20H2. The van der Waals surface area contributed by atoms with E-state index in [1.807, 2.05) is 18.2 Å². The highest BCUT2D eigenvalue weighted by Crippen LogP contribution is 2.30. The van der Waals surface area contributed by atoms with E-state index in [1.165, 1.54) is 64.2 Å². The zero-order valence-electron chi connectivity index (χ0n) is 22.2. The number of alkyl halides is 2. The van der Waals surface area contributed by atoms with Crippen LogP contribution in [0.3, 0.4) is 0 Å². The lowest BCUT2D eigenvalue weighted by atomic mass is 9.87.